The molecule has 0 radical (unpaired) electrons. The summed E-state index contributed by atoms with van der Waals surface area (Å²) in [6.07, 6.45) is 0. The molecule has 0 N–H and O–H groups in total. The van der Waals surface area contributed by atoms with Gasteiger partial charge in [0.05, 0.1) is 0 Å². The fourth-order valence-electron chi connectivity index (χ4n) is 1.63. The van der Waals surface area contributed by atoms with E-state index in [2.05, 4.69) is 62.3 Å². The molecular formula is C13H15N. The van der Waals surface area contributed by atoms with Gasteiger partial charge in [-0.3, -0.25) is 0 Å². The lowest BCUT2D eigenvalue weighted by atomic mass is 10.1. The maximum Gasteiger partial charge on any atom is 0.0367 e. The number of anilines is 1. The third-order valence-electron chi connectivity index (χ3n) is 2.50. The Morgan fingerprint density at radius 3 is 2.29 bits per heavy atom. The van der Waals surface area contributed by atoms with Crippen LogP contribution in [-0.4, -0.2) is 14.1 Å². The first kappa shape index (κ1) is 9.07. The summed E-state index contributed by atoms with van der Waals surface area (Å²) >= 11 is 0. The average Bonchev–Trinajstić information content (AvgIpc) is 2.16. The molecule has 0 saturated carbocycles. The summed E-state index contributed by atoms with van der Waals surface area (Å²) in [4.78, 5) is 2.13. The van der Waals surface area contributed by atoms with Crippen LogP contribution in [-0.2, 0) is 0 Å². The van der Waals surface area contributed by atoms with Crippen LogP contribution >= 0.6 is 0 Å². The van der Waals surface area contributed by atoms with Gasteiger partial charge >= 0.3 is 0 Å². The molecule has 0 atom stereocenters. The maximum atomic E-state index is 2.22. The van der Waals surface area contributed by atoms with Crippen molar-refractivity contribution in [2.24, 2.45) is 0 Å². The number of rotatable bonds is 1. The van der Waals surface area contributed by atoms with Gasteiger partial charge < -0.3 is 4.90 Å². The topological polar surface area (TPSA) is 3.24 Å². The van der Waals surface area contributed by atoms with Gasteiger partial charge in [0, 0.05) is 19.8 Å². The Morgan fingerprint density at radius 1 is 0.857 bits per heavy atom. The number of benzene rings is 2. The highest BCUT2D eigenvalue weighted by Gasteiger charge is 1.97. The molecule has 0 bridgehead atoms. The molecular weight excluding hydrogens is 170 g/mol. The van der Waals surface area contributed by atoms with Crippen molar-refractivity contribution < 1.29 is 0 Å². The van der Waals surface area contributed by atoms with E-state index >= 15 is 0 Å². The van der Waals surface area contributed by atoms with Crippen LogP contribution in [0.5, 0.6) is 0 Å². The van der Waals surface area contributed by atoms with E-state index in [1.54, 1.807) is 0 Å². The summed E-state index contributed by atoms with van der Waals surface area (Å²) in [5, 5.41) is 2.62. The van der Waals surface area contributed by atoms with Crippen molar-refractivity contribution in [1.29, 1.82) is 0 Å². The highest BCUT2D eigenvalue weighted by atomic mass is 15.1. The van der Waals surface area contributed by atoms with Crippen LogP contribution in [0, 0.1) is 6.92 Å². The second kappa shape index (κ2) is 3.33. The van der Waals surface area contributed by atoms with Crippen LogP contribution in [0.25, 0.3) is 10.8 Å². The Balaban J connectivity index is 2.63. The lowest BCUT2D eigenvalue weighted by Gasteiger charge is -2.13. The van der Waals surface area contributed by atoms with Crippen LogP contribution in [0.15, 0.2) is 36.4 Å². The van der Waals surface area contributed by atoms with Crippen molar-refractivity contribution in [2.75, 3.05) is 19.0 Å². The van der Waals surface area contributed by atoms with Gasteiger partial charge in [0.1, 0.15) is 0 Å². The molecule has 0 aliphatic heterocycles. The van der Waals surface area contributed by atoms with E-state index in [1.165, 1.54) is 22.0 Å². The van der Waals surface area contributed by atoms with Gasteiger partial charge in [-0.15, -0.1) is 0 Å². The van der Waals surface area contributed by atoms with Crippen molar-refractivity contribution >= 4 is 16.5 Å². The fourth-order valence-corrected chi connectivity index (χ4v) is 1.63. The van der Waals surface area contributed by atoms with Gasteiger partial charge in [-0.05, 0) is 29.8 Å². The standard InChI is InChI=1S/C13H15N/c1-10-4-5-11-6-7-13(14(2)3)9-12(11)8-10/h4-9H,1-3H3. The third-order valence-corrected chi connectivity index (χ3v) is 2.50. The monoisotopic (exact) mass is 185 g/mol. The second-order valence-electron chi connectivity index (χ2n) is 3.93. The van der Waals surface area contributed by atoms with Crippen molar-refractivity contribution in [3.8, 4) is 0 Å². The minimum Gasteiger partial charge on any atom is -0.378 e. The number of hydrogen-bond donors (Lipinski definition) is 0. The summed E-state index contributed by atoms with van der Waals surface area (Å²) in [6.45, 7) is 2.13. The summed E-state index contributed by atoms with van der Waals surface area (Å²) in [7, 11) is 4.13. The van der Waals surface area contributed by atoms with Crippen LogP contribution < -0.4 is 4.90 Å². The zero-order chi connectivity index (χ0) is 10.1. The molecule has 0 unspecified atom stereocenters. The Morgan fingerprint density at radius 2 is 1.57 bits per heavy atom. The quantitative estimate of drug-likeness (QED) is 0.659. The SMILES string of the molecule is Cc1ccc2ccc(N(C)C)cc2c1. The van der Waals surface area contributed by atoms with Crippen LogP contribution in [0.4, 0.5) is 5.69 Å². The predicted octanol–water partition coefficient (Wildman–Crippen LogP) is 3.21. The molecule has 72 valence electrons. The molecule has 0 fully saturated rings. The lowest BCUT2D eigenvalue weighted by Crippen LogP contribution is -2.07. The van der Waals surface area contributed by atoms with Gasteiger partial charge in [-0.25, -0.2) is 0 Å². The molecule has 0 amide bonds. The van der Waals surface area contributed by atoms with Gasteiger partial charge in [0.25, 0.3) is 0 Å². The molecule has 0 heterocycles. The first-order valence-electron chi connectivity index (χ1n) is 4.84. The zero-order valence-electron chi connectivity index (χ0n) is 8.91. The highest BCUT2D eigenvalue weighted by molar-refractivity contribution is 5.86. The molecule has 14 heavy (non-hydrogen) atoms. The van der Waals surface area contributed by atoms with E-state index in [0.29, 0.717) is 0 Å². The first-order valence-corrected chi connectivity index (χ1v) is 4.84. The summed E-state index contributed by atoms with van der Waals surface area (Å²) < 4.78 is 0. The van der Waals surface area contributed by atoms with Crippen LogP contribution in [0.2, 0.25) is 0 Å². The molecule has 0 aliphatic carbocycles. The number of fused-ring (bicyclic) bond motifs is 1. The van der Waals surface area contributed by atoms with E-state index in [9.17, 15) is 0 Å². The van der Waals surface area contributed by atoms with E-state index < -0.39 is 0 Å². The highest BCUT2D eigenvalue weighted by Crippen LogP contribution is 2.21. The average molecular weight is 185 g/mol. The Labute approximate surface area is 85.0 Å². The Hall–Kier alpha value is -1.50. The maximum absolute atomic E-state index is 2.22. The van der Waals surface area contributed by atoms with Gasteiger partial charge in [0.15, 0.2) is 0 Å². The predicted molar refractivity (Wildman–Crippen MR) is 63.0 cm³/mol. The van der Waals surface area contributed by atoms with E-state index in [-0.39, 0.29) is 0 Å². The van der Waals surface area contributed by atoms with E-state index in [1.807, 2.05) is 0 Å². The van der Waals surface area contributed by atoms with Gasteiger partial charge in [-0.2, -0.15) is 0 Å². The molecule has 2 aromatic rings. The normalized spacial score (nSPS) is 10.5. The minimum atomic E-state index is 1.25. The summed E-state index contributed by atoms with van der Waals surface area (Å²) in [5.41, 5.74) is 2.57. The molecule has 0 spiro atoms. The first-order chi connectivity index (χ1) is 6.66. The molecule has 0 aromatic heterocycles. The largest absolute Gasteiger partial charge is 0.378 e. The smallest absolute Gasteiger partial charge is 0.0367 e. The molecule has 0 aliphatic rings. The van der Waals surface area contributed by atoms with Crippen LogP contribution in [0.1, 0.15) is 5.56 Å². The molecule has 2 rings (SSSR count). The molecule has 1 heteroatoms. The fraction of sp³-hybridized carbons (Fsp3) is 0.231. The van der Waals surface area contributed by atoms with Crippen LogP contribution in [0.3, 0.4) is 0 Å². The third kappa shape index (κ3) is 1.58. The van der Waals surface area contributed by atoms with Gasteiger partial charge in [-0.1, -0.05) is 29.8 Å². The summed E-state index contributed by atoms with van der Waals surface area (Å²) in [5.74, 6) is 0. The number of hydrogen-bond acceptors (Lipinski definition) is 1. The van der Waals surface area contributed by atoms with E-state index in [0.717, 1.165) is 0 Å². The molecule has 2 aromatic carbocycles. The van der Waals surface area contributed by atoms with Crippen molar-refractivity contribution in [1.82, 2.24) is 0 Å². The number of nitrogens with zero attached hydrogens (tertiary/aromatic N) is 1. The Bertz CT molecular complexity index is 458. The molecule has 0 saturated heterocycles. The zero-order valence-corrected chi connectivity index (χ0v) is 8.91. The van der Waals surface area contributed by atoms with Gasteiger partial charge in [0.2, 0.25) is 0 Å². The summed E-state index contributed by atoms with van der Waals surface area (Å²) in [6, 6.07) is 13.1. The molecule has 1 nitrogen and oxygen atoms in total. The number of aryl methyl sites for hydroxylation is 1. The second-order valence-corrected chi connectivity index (χ2v) is 3.93. The Kier molecular flexibility index (Phi) is 2.16. The minimum absolute atomic E-state index is 1.25. The van der Waals surface area contributed by atoms with Crippen molar-refractivity contribution in [3.63, 3.8) is 0 Å². The lowest BCUT2D eigenvalue weighted by molar-refractivity contribution is 1.13. The van der Waals surface area contributed by atoms with Crippen molar-refractivity contribution in [3.05, 3.63) is 42.0 Å². The van der Waals surface area contributed by atoms with E-state index in [4.69, 9.17) is 0 Å². The van der Waals surface area contributed by atoms with Crippen molar-refractivity contribution in [2.45, 2.75) is 6.92 Å².